The molecule has 4 aliphatic rings. The number of ether oxygens (including phenoxy) is 1. The van der Waals surface area contributed by atoms with Crippen LogP contribution >= 0.6 is 11.6 Å². The molecular weight excluding hydrogens is 506 g/mol. The first-order chi connectivity index (χ1) is 17.0. The van der Waals surface area contributed by atoms with Crippen molar-refractivity contribution >= 4 is 35.1 Å². The molecule has 8 nitrogen and oxygen atoms in total. The number of piperidine rings is 1. The number of nitrogens with zero attached hydrogens (tertiary/aromatic N) is 3. The summed E-state index contributed by atoms with van der Waals surface area (Å²) in [5.41, 5.74) is 2.44. The fourth-order valence-electron chi connectivity index (χ4n) is 6.44. The molecule has 1 aromatic carbocycles. The van der Waals surface area contributed by atoms with E-state index >= 15 is 4.39 Å². The Bertz CT molecular complexity index is 1300. The first-order valence-electron chi connectivity index (χ1n) is 11.7. The number of halogens is 5. The zero-order chi connectivity index (χ0) is 25.6. The van der Waals surface area contributed by atoms with Crippen LogP contribution in [0.5, 0.6) is 0 Å². The number of nitrogens with one attached hydrogen (secondary N) is 1. The second-order valence-electron chi connectivity index (χ2n) is 10.0. The number of carbonyl (C=O) groups is 2. The monoisotopic (exact) mass is 527 g/mol. The van der Waals surface area contributed by atoms with Crippen LogP contribution in [0.15, 0.2) is 18.3 Å². The van der Waals surface area contributed by atoms with Crippen molar-refractivity contribution in [2.75, 3.05) is 24.1 Å². The van der Waals surface area contributed by atoms with E-state index < -0.39 is 41.1 Å². The van der Waals surface area contributed by atoms with Crippen molar-refractivity contribution in [1.82, 2.24) is 14.7 Å². The van der Waals surface area contributed by atoms with Crippen molar-refractivity contribution < 1.29 is 31.9 Å². The quantitative estimate of drug-likeness (QED) is 0.554. The number of nitrogen functional groups attached to an aromatic ring is 1. The molecule has 1 saturated heterocycles. The summed E-state index contributed by atoms with van der Waals surface area (Å²) in [6.45, 7) is -0.00788. The topological polar surface area (TPSA) is 102 Å². The fraction of sp³-hybridized carbons (Fsp3) is 0.522. The van der Waals surface area contributed by atoms with Crippen molar-refractivity contribution in [3.8, 4) is 0 Å². The molecule has 1 spiro atoms. The van der Waals surface area contributed by atoms with Crippen LogP contribution in [0.1, 0.15) is 48.0 Å². The number of nitrogens with two attached hydrogens (primary N) is 1. The number of carbonyl (C=O) groups excluding carboxylic acids is 2. The average Bonchev–Trinajstić information content (AvgIpc) is 3.34. The molecular formula is C23H22ClF4N5O3. The van der Waals surface area contributed by atoms with Crippen LogP contribution in [0.25, 0.3) is 0 Å². The second-order valence-corrected chi connectivity index (χ2v) is 10.4. The molecule has 3 N–H and O–H groups in total. The maximum atomic E-state index is 15.1. The van der Waals surface area contributed by atoms with Crippen LogP contribution in [0.4, 0.5) is 33.9 Å². The van der Waals surface area contributed by atoms with E-state index in [4.69, 9.17) is 22.1 Å². The van der Waals surface area contributed by atoms with E-state index in [1.807, 2.05) is 0 Å². The number of aromatic nitrogens is 2. The van der Waals surface area contributed by atoms with Gasteiger partial charge in [0.05, 0.1) is 29.0 Å². The van der Waals surface area contributed by atoms with E-state index in [1.165, 1.54) is 17.0 Å². The summed E-state index contributed by atoms with van der Waals surface area (Å²) in [4.78, 5) is 27.1. The molecule has 4 atom stereocenters. The van der Waals surface area contributed by atoms with Gasteiger partial charge in [-0.2, -0.15) is 18.3 Å². The first kappa shape index (κ1) is 23.4. The van der Waals surface area contributed by atoms with E-state index in [1.54, 1.807) is 0 Å². The molecule has 2 aliphatic heterocycles. The Kier molecular flexibility index (Phi) is 4.87. The van der Waals surface area contributed by atoms with Gasteiger partial charge in [-0.15, -0.1) is 0 Å². The average molecular weight is 528 g/mol. The van der Waals surface area contributed by atoms with Crippen LogP contribution in [0, 0.1) is 17.7 Å². The third kappa shape index (κ3) is 3.09. The second kappa shape index (κ2) is 7.50. The summed E-state index contributed by atoms with van der Waals surface area (Å²) >= 11 is 5.99. The van der Waals surface area contributed by atoms with E-state index in [-0.39, 0.29) is 59.5 Å². The molecule has 2 amide bonds. The Morgan fingerprint density at radius 2 is 2.08 bits per heavy atom. The van der Waals surface area contributed by atoms with Gasteiger partial charge in [-0.25, -0.2) is 13.9 Å². The highest BCUT2D eigenvalue weighted by atomic mass is 35.5. The summed E-state index contributed by atoms with van der Waals surface area (Å²) in [5.74, 6) is -2.43. The van der Waals surface area contributed by atoms with Crippen molar-refractivity contribution in [2.45, 2.75) is 49.4 Å². The largest absolute Gasteiger partial charge is 0.436 e. The van der Waals surface area contributed by atoms with Crippen molar-refractivity contribution in [3.63, 3.8) is 0 Å². The molecule has 36 heavy (non-hydrogen) atoms. The number of hydrogen-bond donors (Lipinski definition) is 2. The number of rotatable bonds is 2. The van der Waals surface area contributed by atoms with Crippen LogP contribution in [0.2, 0.25) is 5.02 Å². The Labute approximate surface area is 207 Å². The van der Waals surface area contributed by atoms with Crippen molar-refractivity contribution in [2.24, 2.45) is 11.8 Å². The van der Waals surface area contributed by atoms with Gasteiger partial charge in [0.15, 0.2) is 17.0 Å². The van der Waals surface area contributed by atoms with Gasteiger partial charge in [-0.05, 0) is 56.1 Å². The zero-order valence-electron chi connectivity index (χ0n) is 18.9. The minimum atomic E-state index is -4.58. The zero-order valence-corrected chi connectivity index (χ0v) is 19.6. The molecule has 1 unspecified atom stereocenters. The minimum Gasteiger partial charge on any atom is -0.436 e. The van der Waals surface area contributed by atoms with Gasteiger partial charge in [0.2, 0.25) is 0 Å². The lowest BCUT2D eigenvalue weighted by Gasteiger charge is -2.45. The molecule has 3 heterocycles. The fourth-order valence-corrected chi connectivity index (χ4v) is 6.59. The highest BCUT2D eigenvalue weighted by Crippen LogP contribution is 2.66. The number of fused-ring (bicyclic) bond motifs is 3. The van der Waals surface area contributed by atoms with E-state index in [0.717, 1.165) is 10.9 Å². The third-order valence-corrected chi connectivity index (χ3v) is 8.45. The van der Waals surface area contributed by atoms with Gasteiger partial charge in [0.1, 0.15) is 11.4 Å². The van der Waals surface area contributed by atoms with Crippen LogP contribution < -0.4 is 11.1 Å². The van der Waals surface area contributed by atoms with E-state index in [9.17, 15) is 22.8 Å². The molecule has 2 aromatic rings. The highest BCUT2D eigenvalue weighted by molar-refractivity contribution is 6.31. The molecule has 2 saturated carbocycles. The smallest absolute Gasteiger partial charge is 0.414 e. The lowest BCUT2D eigenvalue weighted by molar-refractivity contribution is -0.223. The molecule has 6 rings (SSSR count). The molecule has 13 heteroatoms. The molecule has 1 aromatic heterocycles. The van der Waals surface area contributed by atoms with Gasteiger partial charge in [0.25, 0.3) is 5.91 Å². The SMILES string of the molecule is Nc1c(C(=O)N2CCC[C@@]3(C2)OC(=O)Nc2ccc(Cl)c(F)c23)cnn1C1(C(F)(F)F)CC[C@@H]2C[C@@H]21. The molecule has 0 radical (unpaired) electrons. The standard InChI is InChI=1S/C23H22ClF4N5O3/c24-14-2-3-15-16(17(14)25)21(36-20(35)31-15)5-1-7-32(10-21)19(34)12-9-30-33(18(12)29)22(23(26,27)28)6-4-11-8-13(11)22/h2-3,9,11,13H,1,4-8,10,29H2,(H,31,35)/t11-,13+,21+,22?/m1/s1. The number of amides is 2. The number of alkyl halides is 3. The Hall–Kier alpha value is -3.02. The summed E-state index contributed by atoms with van der Waals surface area (Å²) in [7, 11) is 0. The minimum absolute atomic E-state index is 0.0206. The maximum absolute atomic E-state index is 15.1. The maximum Gasteiger partial charge on any atom is 0.414 e. The van der Waals surface area contributed by atoms with Crippen LogP contribution in [-0.4, -0.2) is 45.9 Å². The van der Waals surface area contributed by atoms with Crippen LogP contribution in [0.3, 0.4) is 0 Å². The summed E-state index contributed by atoms with van der Waals surface area (Å²) in [6, 6.07) is 2.76. The summed E-state index contributed by atoms with van der Waals surface area (Å²) in [6.07, 6.45) is -3.03. The van der Waals surface area contributed by atoms with Gasteiger partial charge in [0, 0.05) is 6.54 Å². The number of hydrogen-bond acceptors (Lipinski definition) is 5. The summed E-state index contributed by atoms with van der Waals surface area (Å²) in [5, 5.41) is 6.23. The van der Waals surface area contributed by atoms with Crippen molar-refractivity contribution in [3.05, 3.63) is 40.3 Å². The number of anilines is 2. The van der Waals surface area contributed by atoms with Gasteiger partial charge in [-0.1, -0.05) is 11.6 Å². The predicted molar refractivity (Wildman–Crippen MR) is 120 cm³/mol. The highest BCUT2D eigenvalue weighted by Gasteiger charge is 2.72. The summed E-state index contributed by atoms with van der Waals surface area (Å²) < 4.78 is 64.3. The number of benzene rings is 1. The third-order valence-electron chi connectivity index (χ3n) is 8.16. The van der Waals surface area contributed by atoms with Crippen LogP contribution in [-0.2, 0) is 15.9 Å². The molecule has 2 aliphatic carbocycles. The van der Waals surface area contributed by atoms with Gasteiger partial charge < -0.3 is 15.4 Å². The number of likely N-dealkylation sites (tertiary alicyclic amines) is 1. The Morgan fingerprint density at radius 3 is 2.75 bits per heavy atom. The van der Waals surface area contributed by atoms with Gasteiger partial charge >= 0.3 is 12.3 Å². The molecule has 192 valence electrons. The molecule has 3 fully saturated rings. The van der Waals surface area contributed by atoms with Gasteiger partial charge in [-0.3, -0.25) is 10.1 Å². The Morgan fingerprint density at radius 1 is 1.31 bits per heavy atom. The predicted octanol–water partition coefficient (Wildman–Crippen LogP) is 4.64. The van der Waals surface area contributed by atoms with E-state index in [0.29, 0.717) is 19.3 Å². The lowest BCUT2D eigenvalue weighted by Crippen LogP contribution is -2.53. The van der Waals surface area contributed by atoms with Crippen molar-refractivity contribution in [1.29, 1.82) is 0 Å². The normalized spacial score (nSPS) is 31.0. The Balaban J connectivity index is 1.35. The lowest BCUT2D eigenvalue weighted by atomic mass is 9.83. The molecule has 0 bridgehead atoms. The first-order valence-corrected chi connectivity index (χ1v) is 12.0. The van der Waals surface area contributed by atoms with E-state index in [2.05, 4.69) is 10.4 Å².